The fraction of sp³-hybridized carbons (Fsp3) is 0.200. The monoisotopic (exact) mass is 687 g/mol. The fourth-order valence-electron chi connectivity index (χ4n) is 5.53. The number of hydrogen-bond donors (Lipinski definition) is 0. The van der Waals surface area contributed by atoms with Crippen LogP contribution < -0.4 is 9.80 Å². The molecule has 0 fully saturated rings. The topological polar surface area (TPSA) is 19.4 Å². The molecule has 0 saturated heterocycles. The first-order chi connectivity index (χ1) is 18.4. The van der Waals surface area contributed by atoms with Gasteiger partial charge in [0.1, 0.15) is 0 Å². The van der Waals surface area contributed by atoms with Crippen molar-refractivity contribution in [3.8, 4) is 11.3 Å². The van der Waals surface area contributed by atoms with Crippen LogP contribution in [-0.2, 0) is 25.5 Å². The predicted molar refractivity (Wildman–Crippen MR) is 158 cm³/mol. The molecule has 0 unspecified atom stereocenters. The first kappa shape index (κ1) is 27.1. The average molecular weight is 687 g/mol. The Labute approximate surface area is 245 Å². The van der Waals surface area contributed by atoms with Crippen molar-refractivity contribution < 1.29 is 20.1 Å². The van der Waals surface area contributed by atoms with Gasteiger partial charge in [0, 0.05) is 17.6 Å². The Morgan fingerprint density at radius 3 is 2.44 bits per heavy atom. The van der Waals surface area contributed by atoms with Crippen molar-refractivity contribution in [2.24, 2.45) is 5.92 Å². The number of pyridine rings is 1. The summed E-state index contributed by atoms with van der Waals surface area (Å²) in [5.41, 5.74) is 8.56. The normalized spacial score (nSPS) is 14.3. The molecule has 0 amide bonds. The van der Waals surface area contributed by atoms with Crippen LogP contribution in [0.4, 0.5) is 17.1 Å². The molecule has 2 aliphatic heterocycles. The Bertz CT molecular complexity index is 1540. The van der Waals surface area contributed by atoms with Crippen LogP contribution in [-0.4, -0.2) is 11.5 Å². The van der Waals surface area contributed by atoms with E-state index >= 15 is 0 Å². The standard InChI is InChI=1S/C24H24N2.C11H8N.Ir/c1-16(2)14-25-15-26-22-13-18-9-6-5-8-17(18)12-20(22)24(3,4)19-10-7-11-21(25)23(19)26;1-2-6-10(7-3-1)11-8-4-5-9-12-11;/h5-12,15-16H,14H2,1-4H3;1-6,8-9H;/q-2;-1;+3. The summed E-state index contributed by atoms with van der Waals surface area (Å²) in [6.45, 7) is 12.5. The maximum atomic E-state index is 4.22. The molecular weight excluding hydrogens is 655 g/mol. The second kappa shape index (κ2) is 11.0. The smallest absolute Gasteiger partial charge is 0.501 e. The summed E-state index contributed by atoms with van der Waals surface area (Å²) in [6.07, 6.45) is 1.79. The number of hydrogen-bond acceptors (Lipinski definition) is 3. The van der Waals surface area contributed by atoms with E-state index in [4.69, 9.17) is 0 Å². The van der Waals surface area contributed by atoms with Crippen molar-refractivity contribution in [1.82, 2.24) is 4.98 Å². The zero-order chi connectivity index (χ0) is 26.3. The number of benzene rings is 4. The van der Waals surface area contributed by atoms with E-state index in [2.05, 4.69) is 110 Å². The van der Waals surface area contributed by atoms with Crippen LogP contribution in [0.15, 0.2) is 97.2 Å². The second-order valence-electron chi connectivity index (χ2n) is 10.9. The third-order valence-corrected chi connectivity index (χ3v) is 7.39. The quantitative estimate of drug-likeness (QED) is 0.177. The van der Waals surface area contributed by atoms with Crippen LogP contribution in [0.5, 0.6) is 0 Å². The van der Waals surface area contributed by atoms with Gasteiger partial charge < -0.3 is 14.8 Å². The van der Waals surface area contributed by atoms with Gasteiger partial charge in [-0.15, -0.1) is 70.9 Å². The SMILES string of the molecule is CC(C)CN1[CH-]N2c3[c-]c4ccccc4cc3C(C)(C)c3cccc1c32.[Ir+3].[c-]1ccccc1-c1ccccn1. The summed E-state index contributed by atoms with van der Waals surface area (Å²) in [5, 5.41) is 2.44. The predicted octanol–water partition coefficient (Wildman–Crippen LogP) is 8.56. The third kappa shape index (κ3) is 5.00. The van der Waals surface area contributed by atoms with Gasteiger partial charge in [-0.1, -0.05) is 75.3 Å². The van der Waals surface area contributed by atoms with Gasteiger partial charge >= 0.3 is 20.1 Å². The van der Waals surface area contributed by atoms with E-state index in [0.717, 1.165) is 17.8 Å². The molecule has 0 saturated carbocycles. The van der Waals surface area contributed by atoms with Crippen molar-refractivity contribution in [1.29, 1.82) is 0 Å². The second-order valence-corrected chi connectivity index (χ2v) is 10.9. The summed E-state index contributed by atoms with van der Waals surface area (Å²) in [7, 11) is 0. The van der Waals surface area contributed by atoms with Crippen LogP contribution in [0.3, 0.4) is 0 Å². The van der Waals surface area contributed by atoms with Crippen LogP contribution in [0.2, 0.25) is 0 Å². The van der Waals surface area contributed by atoms with Gasteiger partial charge in [-0.3, -0.25) is 0 Å². The van der Waals surface area contributed by atoms with Crippen molar-refractivity contribution >= 4 is 27.8 Å². The van der Waals surface area contributed by atoms with Gasteiger partial charge in [0.2, 0.25) is 0 Å². The first-order valence-electron chi connectivity index (χ1n) is 13.3. The Kier molecular flexibility index (Phi) is 7.62. The molecule has 4 heteroatoms. The maximum Gasteiger partial charge on any atom is 3.00 e. The van der Waals surface area contributed by atoms with E-state index in [1.54, 1.807) is 6.20 Å². The van der Waals surface area contributed by atoms with Gasteiger partial charge in [-0.25, -0.2) is 0 Å². The number of aromatic nitrogens is 1. The largest absolute Gasteiger partial charge is 3.00 e. The summed E-state index contributed by atoms with van der Waals surface area (Å²) in [4.78, 5) is 8.98. The Hall–Kier alpha value is -3.46. The van der Waals surface area contributed by atoms with Crippen molar-refractivity contribution in [2.45, 2.75) is 33.1 Å². The van der Waals surface area contributed by atoms with Crippen molar-refractivity contribution in [3.05, 3.63) is 127 Å². The summed E-state index contributed by atoms with van der Waals surface area (Å²) in [6, 6.07) is 38.2. The molecule has 0 radical (unpaired) electrons. The van der Waals surface area contributed by atoms with E-state index in [1.165, 1.54) is 39.0 Å². The molecule has 4 aromatic carbocycles. The van der Waals surface area contributed by atoms with Crippen LogP contribution >= 0.6 is 0 Å². The van der Waals surface area contributed by atoms with E-state index in [9.17, 15) is 0 Å². The molecule has 196 valence electrons. The van der Waals surface area contributed by atoms with E-state index in [1.807, 2.05) is 42.5 Å². The molecule has 1 aromatic heterocycles. The minimum Gasteiger partial charge on any atom is -0.501 e. The zero-order valence-electron chi connectivity index (χ0n) is 22.8. The Morgan fingerprint density at radius 1 is 0.897 bits per heavy atom. The van der Waals surface area contributed by atoms with Crippen LogP contribution in [0.1, 0.15) is 38.8 Å². The minimum absolute atomic E-state index is 0. The summed E-state index contributed by atoms with van der Waals surface area (Å²) < 4.78 is 0. The number of fused-ring (bicyclic) bond motifs is 3. The van der Waals surface area contributed by atoms with Gasteiger partial charge in [0.25, 0.3) is 0 Å². The Balaban J connectivity index is 0.000000200. The summed E-state index contributed by atoms with van der Waals surface area (Å²) >= 11 is 0. The number of nitrogens with zero attached hydrogens (tertiary/aromatic N) is 3. The third-order valence-electron chi connectivity index (χ3n) is 7.39. The molecule has 0 atom stereocenters. The van der Waals surface area contributed by atoms with Gasteiger partial charge in [-0.2, -0.15) is 6.67 Å². The van der Waals surface area contributed by atoms with E-state index in [-0.39, 0.29) is 25.5 Å². The number of para-hydroxylation sites is 1. The molecule has 0 aliphatic carbocycles. The fourth-order valence-corrected chi connectivity index (χ4v) is 5.53. The average Bonchev–Trinajstić information content (AvgIpc) is 3.31. The van der Waals surface area contributed by atoms with Gasteiger partial charge in [0.15, 0.2) is 0 Å². The minimum atomic E-state index is -0.0423. The maximum absolute atomic E-state index is 4.22. The van der Waals surface area contributed by atoms with Gasteiger partial charge in [-0.05, 0) is 41.3 Å². The molecule has 3 heterocycles. The molecule has 0 spiro atoms. The first-order valence-corrected chi connectivity index (χ1v) is 13.3. The molecular formula is C35H32IrN3. The zero-order valence-corrected chi connectivity index (χ0v) is 25.2. The number of rotatable bonds is 3. The number of anilines is 3. The van der Waals surface area contributed by atoms with E-state index in [0.29, 0.717) is 5.92 Å². The van der Waals surface area contributed by atoms with Crippen molar-refractivity contribution in [3.63, 3.8) is 0 Å². The van der Waals surface area contributed by atoms with E-state index < -0.39 is 0 Å². The van der Waals surface area contributed by atoms with Crippen LogP contribution in [0, 0.1) is 24.7 Å². The van der Waals surface area contributed by atoms with Crippen molar-refractivity contribution in [2.75, 3.05) is 16.3 Å². The molecule has 39 heavy (non-hydrogen) atoms. The molecule has 7 rings (SSSR count). The molecule has 0 N–H and O–H groups in total. The molecule has 2 aliphatic rings. The molecule has 3 nitrogen and oxygen atoms in total. The van der Waals surface area contributed by atoms with Crippen LogP contribution in [0.25, 0.3) is 22.0 Å². The molecule has 0 bridgehead atoms. The summed E-state index contributed by atoms with van der Waals surface area (Å²) in [5.74, 6) is 0.608. The molecule has 5 aromatic rings. The Morgan fingerprint density at radius 2 is 1.69 bits per heavy atom. The van der Waals surface area contributed by atoms with Gasteiger partial charge in [0.05, 0.1) is 0 Å².